The van der Waals surface area contributed by atoms with Crippen LogP contribution in [0, 0.1) is 32.1 Å². The van der Waals surface area contributed by atoms with Gasteiger partial charge >= 0.3 is 18.5 Å². The van der Waals surface area contributed by atoms with E-state index >= 15 is 13.2 Å². The number of rotatable bonds is 6. The molecular weight excluding hydrogens is 946 g/mol. The number of hydrogen-bond donors (Lipinski definition) is 0. The molecule has 0 unspecified atom stereocenters. The van der Waals surface area contributed by atoms with E-state index in [0.29, 0.717) is 50.4 Å². The molecule has 0 amide bonds. The van der Waals surface area contributed by atoms with Gasteiger partial charge in [-0.1, -0.05) is 109 Å². The molecule has 0 N–H and O–H groups in total. The minimum Gasteiger partial charge on any atom is -0.309 e. The predicted molar refractivity (Wildman–Crippen MR) is 271 cm³/mol. The number of alkyl halides is 9. The fourth-order valence-corrected chi connectivity index (χ4v) is 10.7. The van der Waals surface area contributed by atoms with Crippen LogP contribution in [0.3, 0.4) is 0 Å². The molecule has 0 fully saturated rings. The van der Waals surface area contributed by atoms with E-state index in [0.717, 1.165) is 56.2 Å². The van der Waals surface area contributed by atoms with Crippen LogP contribution in [0.2, 0.25) is 0 Å². The van der Waals surface area contributed by atoms with Gasteiger partial charge in [0.15, 0.2) is 0 Å². The minimum absolute atomic E-state index is 0.00988. The Kier molecular flexibility index (Phi) is 10.9. The lowest BCUT2D eigenvalue weighted by Crippen LogP contribution is -2.12. The lowest BCUT2D eigenvalue weighted by molar-refractivity contribution is -0.143. The summed E-state index contributed by atoms with van der Waals surface area (Å²) in [6.45, 7) is 5.69. The van der Waals surface area contributed by atoms with Crippen molar-refractivity contribution in [2.75, 3.05) is 0 Å². The Morgan fingerprint density at radius 1 is 0.384 bits per heavy atom. The Morgan fingerprint density at radius 3 is 1.49 bits per heavy atom. The van der Waals surface area contributed by atoms with Gasteiger partial charge in [0.05, 0.1) is 61.8 Å². The summed E-state index contributed by atoms with van der Waals surface area (Å²) < 4.78 is 135. The van der Waals surface area contributed by atoms with Gasteiger partial charge in [0.25, 0.3) is 0 Å². The average Bonchev–Trinajstić information content (AvgIpc) is 3.87. The zero-order valence-corrected chi connectivity index (χ0v) is 39.0. The van der Waals surface area contributed by atoms with E-state index in [9.17, 15) is 31.6 Å². The van der Waals surface area contributed by atoms with Crippen LogP contribution in [0.4, 0.5) is 39.5 Å². The zero-order valence-electron chi connectivity index (χ0n) is 39.0. The highest BCUT2D eigenvalue weighted by Crippen LogP contribution is 2.50. The maximum Gasteiger partial charge on any atom is 0.417 e. The molecule has 2 aromatic heterocycles. The summed E-state index contributed by atoms with van der Waals surface area (Å²) >= 11 is 0. The summed E-state index contributed by atoms with van der Waals surface area (Å²) in [6, 6.07) is 49.7. The molecule has 0 saturated heterocycles. The number of nitrogens with zero attached hydrogens (tertiary/aromatic N) is 3. The Bertz CT molecular complexity index is 4100. The van der Waals surface area contributed by atoms with Crippen LogP contribution in [0.25, 0.3) is 99.5 Å². The molecule has 0 bridgehead atoms. The lowest BCUT2D eigenvalue weighted by atomic mass is 9.85. The van der Waals surface area contributed by atoms with E-state index < -0.39 is 40.8 Å². The number of aromatic nitrogens is 2. The number of hydrogen-bond acceptors (Lipinski definition) is 1. The van der Waals surface area contributed by atoms with Crippen molar-refractivity contribution >= 4 is 43.6 Å². The fraction of sp³-hybridized carbons (Fsp3) is 0.0984. The van der Waals surface area contributed by atoms with Crippen LogP contribution >= 0.6 is 0 Å². The molecule has 0 aliphatic rings. The molecule has 11 aromatic rings. The highest BCUT2D eigenvalue weighted by atomic mass is 19.4. The van der Waals surface area contributed by atoms with E-state index in [1.807, 2.05) is 58.5 Å². The third-order valence-electron chi connectivity index (χ3n) is 13.8. The van der Waals surface area contributed by atoms with E-state index in [-0.39, 0.29) is 33.9 Å². The molecule has 73 heavy (non-hydrogen) atoms. The topological polar surface area (TPSA) is 33.6 Å². The first-order chi connectivity index (χ1) is 34.8. The molecule has 0 saturated carbocycles. The van der Waals surface area contributed by atoms with Crippen molar-refractivity contribution in [2.24, 2.45) is 0 Å². The largest absolute Gasteiger partial charge is 0.417 e. The first-order valence-corrected chi connectivity index (χ1v) is 23.1. The van der Waals surface area contributed by atoms with Crippen LogP contribution < -0.4 is 0 Å². The molecule has 0 aliphatic carbocycles. The van der Waals surface area contributed by atoms with Gasteiger partial charge in [0, 0.05) is 32.7 Å². The zero-order chi connectivity index (χ0) is 51.3. The number of para-hydroxylation sites is 2. The van der Waals surface area contributed by atoms with Gasteiger partial charge in [-0.2, -0.15) is 44.8 Å². The van der Waals surface area contributed by atoms with Crippen LogP contribution in [-0.2, 0) is 18.5 Å². The van der Waals surface area contributed by atoms with Crippen LogP contribution in [0.15, 0.2) is 176 Å². The highest BCUT2D eigenvalue weighted by Gasteiger charge is 2.39. The molecule has 11 rings (SSSR count). The molecular formula is C61H38F9N3. The maximum atomic E-state index is 15.4. The Hall–Kier alpha value is -8.56. The lowest BCUT2D eigenvalue weighted by Gasteiger charge is -2.24. The van der Waals surface area contributed by atoms with Crippen molar-refractivity contribution in [1.82, 2.24) is 9.13 Å². The first-order valence-electron chi connectivity index (χ1n) is 23.1. The number of nitriles is 1. The quantitative estimate of drug-likeness (QED) is 0.153. The summed E-state index contributed by atoms with van der Waals surface area (Å²) in [7, 11) is 0. The monoisotopic (exact) mass is 983 g/mol. The molecule has 0 aliphatic heterocycles. The molecule has 12 heteroatoms. The summed E-state index contributed by atoms with van der Waals surface area (Å²) in [5.74, 6) is 0. The van der Waals surface area contributed by atoms with Crippen molar-refractivity contribution in [2.45, 2.75) is 39.3 Å². The second-order valence-electron chi connectivity index (χ2n) is 18.2. The van der Waals surface area contributed by atoms with Crippen molar-refractivity contribution < 1.29 is 39.5 Å². The second-order valence-corrected chi connectivity index (χ2v) is 18.2. The van der Waals surface area contributed by atoms with E-state index in [2.05, 4.69) is 37.3 Å². The van der Waals surface area contributed by atoms with E-state index in [1.54, 1.807) is 73.7 Å². The molecule has 360 valence electrons. The van der Waals surface area contributed by atoms with Gasteiger partial charge in [-0.05, 0) is 138 Å². The average molecular weight is 984 g/mol. The second kappa shape index (κ2) is 17.1. The molecule has 9 aromatic carbocycles. The third kappa shape index (κ3) is 7.78. The summed E-state index contributed by atoms with van der Waals surface area (Å²) in [5.41, 5.74) is 4.35. The van der Waals surface area contributed by atoms with E-state index in [4.69, 9.17) is 0 Å². The number of benzene rings is 9. The summed E-state index contributed by atoms with van der Waals surface area (Å²) in [4.78, 5) is 0. The van der Waals surface area contributed by atoms with Crippen molar-refractivity contribution in [3.63, 3.8) is 0 Å². The molecule has 3 nitrogen and oxygen atoms in total. The maximum absolute atomic E-state index is 15.4. The van der Waals surface area contributed by atoms with Gasteiger partial charge in [0.1, 0.15) is 0 Å². The fourth-order valence-electron chi connectivity index (χ4n) is 10.7. The molecule has 0 radical (unpaired) electrons. The van der Waals surface area contributed by atoms with Crippen molar-refractivity contribution in [3.8, 4) is 62.0 Å². The normalized spacial score (nSPS) is 12.4. The smallest absolute Gasteiger partial charge is 0.309 e. The van der Waals surface area contributed by atoms with Gasteiger partial charge < -0.3 is 9.13 Å². The molecule has 0 atom stereocenters. The van der Waals surface area contributed by atoms with Gasteiger partial charge in [-0.15, -0.1) is 0 Å². The predicted octanol–water partition coefficient (Wildman–Crippen LogP) is 18.4. The van der Waals surface area contributed by atoms with Crippen molar-refractivity contribution in [3.05, 3.63) is 215 Å². The Labute approximate surface area is 412 Å². The van der Waals surface area contributed by atoms with Crippen LogP contribution in [0.5, 0.6) is 0 Å². The third-order valence-corrected chi connectivity index (χ3v) is 13.8. The van der Waals surface area contributed by atoms with Gasteiger partial charge in [0.2, 0.25) is 0 Å². The first kappa shape index (κ1) is 46.8. The standard InChI is InChI=1S/C61H38F9N3/c1-34-21-25-41(36(3)29-34)37-22-27-52-46(30-37)43-13-4-6-17-50(43)72(52)54-19-9-12-39(33-71)57(54)58-45(56-35(2)11-8-16-48(56)60(65,66)67)15-10-20-55(58)73-51-18-7-5-14-44(51)47-31-38(23-28-53(47)73)42-26-24-40(59(62,63)64)32-49(42)61(68,69)70/h4-32H,1-3H3. The van der Waals surface area contributed by atoms with Gasteiger partial charge in [-0.3, -0.25) is 0 Å². The SMILES string of the molecule is Cc1ccc(-c2ccc3c(c2)c2ccccc2n3-c2cccc(C#N)c2-c2c(-c3c(C)cccc3C(F)(F)F)cccc2-n2c3ccccc3c3cc(-c4ccc(C(F)(F)F)cc4C(F)(F)F)ccc32)c(C)c1. The summed E-state index contributed by atoms with van der Waals surface area (Å²) in [6.07, 6.45) is -15.0. The molecule has 2 heterocycles. The number of fused-ring (bicyclic) bond motifs is 6. The number of aryl methyl sites for hydroxylation is 3. The number of halogens is 9. The minimum atomic E-state index is -5.15. The van der Waals surface area contributed by atoms with Gasteiger partial charge in [-0.25, -0.2) is 0 Å². The Morgan fingerprint density at radius 2 is 0.918 bits per heavy atom. The van der Waals surface area contributed by atoms with Crippen LogP contribution in [-0.4, -0.2) is 9.13 Å². The molecule has 0 spiro atoms. The highest BCUT2D eigenvalue weighted by molar-refractivity contribution is 6.14. The summed E-state index contributed by atoms with van der Waals surface area (Å²) in [5, 5.41) is 13.9. The van der Waals surface area contributed by atoms with E-state index in [1.165, 1.54) is 18.2 Å². The van der Waals surface area contributed by atoms with Crippen LogP contribution in [0.1, 0.15) is 38.9 Å². The van der Waals surface area contributed by atoms with Crippen molar-refractivity contribution in [1.29, 1.82) is 5.26 Å². The Balaban J connectivity index is 1.25.